The first kappa shape index (κ1) is 18.1. The van der Waals surface area contributed by atoms with Crippen LogP contribution in [-0.2, 0) is 24.3 Å². The molecule has 0 heterocycles. The Kier molecular flexibility index (Phi) is 6.47. The molecule has 8 nitrogen and oxygen atoms in total. The summed E-state index contributed by atoms with van der Waals surface area (Å²) in [6.45, 7) is 2.60. The molecular weight excluding hydrogens is 312 g/mol. The summed E-state index contributed by atoms with van der Waals surface area (Å²) in [6, 6.07) is 5.65. The van der Waals surface area contributed by atoms with E-state index in [1.54, 1.807) is 0 Å². The summed E-state index contributed by atoms with van der Waals surface area (Å²) >= 11 is 0. The predicted molar refractivity (Wildman–Crippen MR) is 79.0 cm³/mol. The SMILES string of the molecule is CC(=O)Nc1ccc(S(=O)(=O)NCCOC(C)C(=O)O)cc1. The zero-order valence-corrected chi connectivity index (χ0v) is 13.0. The fourth-order valence-corrected chi connectivity index (χ4v) is 2.50. The quantitative estimate of drug-likeness (QED) is 0.594. The number of carboxylic acids is 1. The van der Waals surface area contributed by atoms with E-state index in [2.05, 4.69) is 10.0 Å². The first-order valence-electron chi connectivity index (χ1n) is 6.44. The van der Waals surface area contributed by atoms with Crippen molar-refractivity contribution < 1.29 is 27.9 Å². The van der Waals surface area contributed by atoms with Gasteiger partial charge in [-0.15, -0.1) is 0 Å². The van der Waals surface area contributed by atoms with E-state index in [0.29, 0.717) is 5.69 Å². The van der Waals surface area contributed by atoms with Crippen molar-refractivity contribution in [1.29, 1.82) is 0 Å². The Morgan fingerprint density at radius 1 is 1.27 bits per heavy atom. The van der Waals surface area contributed by atoms with Crippen LogP contribution in [0.3, 0.4) is 0 Å². The lowest BCUT2D eigenvalue weighted by Gasteiger charge is -2.10. The monoisotopic (exact) mass is 330 g/mol. The fraction of sp³-hybridized carbons (Fsp3) is 0.385. The zero-order chi connectivity index (χ0) is 16.8. The van der Waals surface area contributed by atoms with Crippen LogP contribution in [0.25, 0.3) is 0 Å². The Balaban J connectivity index is 2.55. The lowest BCUT2D eigenvalue weighted by molar-refractivity contribution is -0.148. The number of sulfonamides is 1. The van der Waals surface area contributed by atoms with Gasteiger partial charge in [-0.05, 0) is 31.2 Å². The molecule has 0 aromatic heterocycles. The molecule has 0 saturated carbocycles. The van der Waals surface area contributed by atoms with Gasteiger partial charge in [0.25, 0.3) is 0 Å². The third-order valence-electron chi connectivity index (χ3n) is 2.59. The van der Waals surface area contributed by atoms with Crippen molar-refractivity contribution in [3.63, 3.8) is 0 Å². The number of hydrogen-bond acceptors (Lipinski definition) is 5. The molecule has 0 spiro atoms. The van der Waals surface area contributed by atoms with Gasteiger partial charge in [0.2, 0.25) is 15.9 Å². The summed E-state index contributed by atoms with van der Waals surface area (Å²) in [5, 5.41) is 11.1. The molecule has 0 saturated heterocycles. The molecule has 1 atom stereocenters. The maximum Gasteiger partial charge on any atom is 0.332 e. The van der Waals surface area contributed by atoms with E-state index in [-0.39, 0.29) is 24.0 Å². The number of aliphatic carboxylic acids is 1. The number of rotatable bonds is 8. The topological polar surface area (TPSA) is 122 Å². The third kappa shape index (κ3) is 5.80. The zero-order valence-electron chi connectivity index (χ0n) is 12.2. The summed E-state index contributed by atoms with van der Waals surface area (Å²) < 4.78 is 31.2. The number of nitrogens with one attached hydrogen (secondary N) is 2. The molecule has 9 heteroatoms. The standard InChI is InChI=1S/C13H18N2O6S/c1-9(13(17)18)21-8-7-14-22(19,20)12-5-3-11(4-6-12)15-10(2)16/h3-6,9,14H,7-8H2,1-2H3,(H,15,16)(H,17,18). The molecule has 1 aromatic rings. The van der Waals surface area contributed by atoms with Gasteiger partial charge in [-0.25, -0.2) is 17.9 Å². The number of benzene rings is 1. The van der Waals surface area contributed by atoms with Gasteiger partial charge >= 0.3 is 5.97 Å². The fourth-order valence-electron chi connectivity index (χ4n) is 1.49. The Morgan fingerprint density at radius 2 is 1.86 bits per heavy atom. The van der Waals surface area contributed by atoms with Gasteiger partial charge in [0.15, 0.2) is 6.10 Å². The van der Waals surface area contributed by atoms with Gasteiger partial charge in [0, 0.05) is 19.2 Å². The average Bonchev–Trinajstić information content (AvgIpc) is 2.43. The van der Waals surface area contributed by atoms with Crippen LogP contribution in [-0.4, -0.2) is 44.7 Å². The maximum absolute atomic E-state index is 12.0. The molecular formula is C13H18N2O6S. The van der Waals surface area contributed by atoms with Gasteiger partial charge in [0.1, 0.15) is 0 Å². The second kappa shape index (κ2) is 7.87. The van der Waals surface area contributed by atoms with Crippen LogP contribution >= 0.6 is 0 Å². The normalized spacial score (nSPS) is 12.6. The van der Waals surface area contributed by atoms with Crippen LogP contribution in [0, 0.1) is 0 Å². The van der Waals surface area contributed by atoms with Crippen LogP contribution < -0.4 is 10.0 Å². The molecule has 0 aliphatic heterocycles. The van der Waals surface area contributed by atoms with E-state index < -0.39 is 22.1 Å². The highest BCUT2D eigenvalue weighted by molar-refractivity contribution is 7.89. The minimum Gasteiger partial charge on any atom is -0.479 e. The summed E-state index contributed by atoms with van der Waals surface area (Å²) in [4.78, 5) is 21.4. The molecule has 0 aliphatic carbocycles. The molecule has 0 bridgehead atoms. The van der Waals surface area contributed by atoms with Crippen LogP contribution in [0.2, 0.25) is 0 Å². The van der Waals surface area contributed by atoms with Gasteiger partial charge in [-0.1, -0.05) is 0 Å². The smallest absolute Gasteiger partial charge is 0.332 e. The second-order valence-electron chi connectivity index (χ2n) is 4.45. The van der Waals surface area contributed by atoms with E-state index in [9.17, 15) is 18.0 Å². The molecule has 0 aliphatic rings. The number of ether oxygens (including phenoxy) is 1. The van der Waals surface area contributed by atoms with E-state index in [1.807, 2.05) is 0 Å². The van der Waals surface area contributed by atoms with E-state index in [4.69, 9.17) is 9.84 Å². The number of carbonyl (C=O) groups excluding carboxylic acids is 1. The molecule has 122 valence electrons. The highest BCUT2D eigenvalue weighted by Gasteiger charge is 2.15. The summed E-state index contributed by atoms with van der Waals surface area (Å²) in [5.74, 6) is -1.37. The van der Waals surface area contributed by atoms with Crippen molar-refractivity contribution in [2.75, 3.05) is 18.5 Å². The average molecular weight is 330 g/mol. The number of amides is 1. The largest absolute Gasteiger partial charge is 0.479 e. The van der Waals surface area contributed by atoms with Crippen molar-refractivity contribution in [3.8, 4) is 0 Å². The minimum absolute atomic E-state index is 0.0351. The highest BCUT2D eigenvalue weighted by atomic mass is 32.2. The Morgan fingerprint density at radius 3 is 2.36 bits per heavy atom. The van der Waals surface area contributed by atoms with E-state index in [1.165, 1.54) is 38.1 Å². The van der Waals surface area contributed by atoms with Crippen LogP contribution in [0.4, 0.5) is 5.69 Å². The van der Waals surface area contributed by atoms with Crippen LogP contribution in [0.15, 0.2) is 29.2 Å². The number of hydrogen-bond donors (Lipinski definition) is 3. The van der Waals surface area contributed by atoms with Gasteiger partial charge in [0.05, 0.1) is 11.5 Å². The van der Waals surface area contributed by atoms with Crippen molar-refractivity contribution in [2.24, 2.45) is 0 Å². The summed E-state index contributed by atoms with van der Waals surface area (Å²) in [7, 11) is -3.71. The summed E-state index contributed by atoms with van der Waals surface area (Å²) in [6.07, 6.45) is -0.999. The Bertz CT molecular complexity index is 626. The molecule has 1 amide bonds. The highest BCUT2D eigenvalue weighted by Crippen LogP contribution is 2.13. The van der Waals surface area contributed by atoms with Gasteiger partial charge in [-0.3, -0.25) is 4.79 Å². The van der Waals surface area contributed by atoms with Crippen molar-refractivity contribution in [1.82, 2.24) is 4.72 Å². The van der Waals surface area contributed by atoms with Crippen molar-refractivity contribution >= 4 is 27.6 Å². The lowest BCUT2D eigenvalue weighted by Crippen LogP contribution is -2.30. The lowest BCUT2D eigenvalue weighted by atomic mass is 10.3. The molecule has 1 unspecified atom stereocenters. The first-order valence-corrected chi connectivity index (χ1v) is 7.92. The number of carboxylic acid groups (broad SMARTS) is 1. The van der Waals surface area contributed by atoms with Crippen molar-refractivity contribution in [2.45, 2.75) is 24.8 Å². The third-order valence-corrected chi connectivity index (χ3v) is 4.07. The Labute approximate surface area is 128 Å². The number of anilines is 1. The molecule has 3 N–H and O–H groups in total. The second-order valence-corrected chi connectivity index (χ2v) is 6.22. The Hall–Kier alpha value is -1.97. The van der Waals surface area contributed by atoms with Crippen LogP contribution in [0.5, 0.6) is 0 Å². The molecule has 22 heavy (non-hydrogen) atoms. The molecule has 1 rings (SSSR count). The maximum atomic E-state index is 12.0. The molecule has 0 fully saturated rings. The van der Waals surface area contributed by atoms with Gasteiger partial charge < -0.3 is 15.2 Å². The van der Waals surface area contributed by atoms with E-state index in [0.717, 1.165) is 0 Å². The molecule has 1 aromatic carbocycles. The molecule has 0 radical (unpaired) electrons. The van der Waals surface area contributed by atoms with Crippen molar-refractivity contribution in [3.05, 3.63) is 24.3 Å². The minimum atomic E-state index is -3.71. The predicted octanol–water partition coefficient (Wildman–Crippen LogP) is 0.413. The van der Waals surface area contributed by atoms with Crippen LogP contribution in [0.1, 0.15) is 13.8 Å². The first-order chi connectivity index (χ1) is 10.2. The van der Waals surface area contributed by atoms with Gasteiger partial charge in [-0.2, -0.15) is 0 Å². The van der Waals surface area contributed by atoms with E-state index >= 15 is 0 Å². The number of carbonyl (C=O) groups is 2. The summed E-state index contributed by atoms with van der Waals surface area (Å²) in [5.41, 5.74) is 0.491.